The number of aryl methyl sites for hydroxylation is 2. The summed E-state index contributed by atoms with van der Waals surface area (Å²) in [4.78, 5) is 4.50. The molecule has 1 aromatic heterocycles. The average Bonchev–Trinajstić information content (AvgIpc) is 2.88. The molecule has 0 bridgehead atoms. The number of nitrogens with two attached hydrogens (primary N) is 1. The molecule has 0 fully saturated rings. The molecule has 1 atom stereocenters. The number of hydrogen-bond acceptors (Lipinski definition) is 2. The summed E-state index contributed by atoms with van der Waals surface area (Å²) in [6, 6.07) is 5.38. The van der Waals surface area contributed by atoms with E-state index < -0.39 is 0 Å². The zero-order valence-electron chi connectivity index (χ0n) is 14.9. The highest BCUT2D eigenvalue weighted by atomic mass is 127. The van der Waals surface area contributed by atoms with Crippen LogP contribution in [0.3, 0.4) is 0 Å². The van der Waals surface area contributed by atoms with Gasteiger partial charge in [-0.1, -0.05) is 29.3 Å². The maximum Gasteiger partial charge on any atom is 0.189 e. The Morgan fingerprint density at radius 1 is 1.35 bits per heavy atom. The van der Waals surface area contributed by atoms with Gasteiger partial charge < -0.3 is 11.1 Å². The largest absolute Gasteiger partial charge is 0.370 e. The molecule has 26 heavy (non-hydrogen) atoms. The van der Waals surface area contributed by atoms with E-state index in [2.05, 4.69) is 15.4 Å². The van der Waals surface area contributed by atoms with Crippen LogP contribution in [-0.4, -0.2) is 15.7 Å². The first kappa shape index (κ1) is 21.3. The van der Waals surface area contributed by atoms with Crippen LogP contribution in [0.25, 0.3) is 0 Å². The van der Waals surface area contributed by atoms with Gasteiger partial charge in [-0.2, -0.15) is 5.10 Å². The molecule has 8 heteroatoms. The van der Waals surface area contributed by atoms with Crippen molar-refractivity contribution in [3.05, 3.63) is 50.8 Å². The number of rotatable bonds is 4. The van der Waals surface area contributed by atoms with Crippen molar-refractivity contribution in [3.8, 4) is 0 Å². The minimum absolute atomic E-state index is 0. The molecule has 0 saturated heterocycles. The van der Waals surface area contributed by atoms with Crippen LogP contribution in [-0.2, 0) is 26.4 Å². The van der Waals surface area contributed by atoms with Gasteiger partial charge in [-0.15, -0.1) is 24.0 Å². The lowest BCUT2D eigenvalue weighted by Gasteiger charge is -2.16. The van der Waals surface area contributed by atoms with Gasteiger partial charge in [0.15, 0.2) is 5.96 Å². The maximum absolute atomic E-state index is 6.25. The summed E-state index contributed by atoms with van der Waals surface area (Å²) in [5.41, 5.74) is 10.7. The molecule has 1 aliphatic rings. The zero-order chi connectivity index (χ0) is 18.0. The Morgan fingerprint density at radius 3 is 2.81 bits per heavy atom. The van der Waals surface area contributed by atoms with Gasteiger partial charge in [0.1, 0.15) is 0 Å². The highest BCUT2D eigenvalue weighted by molar-refractivity contribution is 14.0. The summed E-state index contributed by atoms with van der Waals surface area (Å²) in [6.45, 7) is 2.52. The van der Waals surface area contributed by atoms with Crippen molar-refractivity contribution >= 4 is 53.1 Å². The number of nitrogens with zero attached hydrogens (tertiary/aromatic N) is 3. The third-order valence-electron chi connectivity index (χ3n) is 4.64. The van der Waals surface area contributed by atoms with Gasteiger partial charge in [-0.05, 0) is 55.9 Å². The van der Waals surface area contributed by atoms with Gasteiger partial charge in [0.2, 0.25) is 0 Å². The first-order chi connectivity index (χ1) is 12.0. The van der Waals surface area contributed by atoms with E-state index >= 15 is 0 Å². The van der Waals surface area contributed by atoms with E-state index in [0.29, 0.717) is 22.5 Å². The highest BCUT2D eigenvalue weighted by Crippen LogP contribution is 2.26. The molecule has 2 aromatic rings. The van der Waals surface area contributed by atoms with E-state index in [1.165, 1.54) is 24.1 Å². The third-order valence-corrected chi connectivity index (χ3v) is 5.20. The molecular formula is C18H24Cl2IN5. The van der Waals surface area contributed by atoms with Crippen LogP contribution in [0.15, 0.2) is 23.2 Å². The summed E-state index contributed by atoms with van der Waals surface area (Å²) < 4.78 is 1.94. The van der Waals surface area contributed by atoms with E-state index in [4.69, 9.17) is 28.9 Å². The van der Waals surface area contributed by atoms with E-state index in [0.717, 1.165) is 24.1 Å². The molecule has 0 aliphatic heterocycles. The minimum atomic E-state index is -0.0611. The average molecular weight is 508 g/mol. The molecule has 142 valence electrons. The van der Waals surface area contributed by atoms with E-state index in [-0.39, 0.29) is 30.0 Å². The quantitative estimate of drug-likeness (QED) is 0.366. The summed E-state index contributed by atoms with van der Waals surface area (Å²) in [5, 5.41) is 9.03. The Hall–Kier alpha value is -0.990. The second-order valence-corrected chi connectivity index (χ2v) is 7.28. The Morgan fingerprint density at radius 2 is 2.08 bits per heavy atom. The normalized spacial score (nSPS) is 15.2. The van der Waals surface area contributed by atoms with Crippen molar-refractivity contribution in [2.24, 2.45) is 17.8 Å². The summed E-state index contributed by atoms with van der Waals surface area (Å²) in [7, 11) is 1.98. The van der Waals surface area contributed by atoms with Gasteiger partial charge in [0.05, 0.1) is 24.0 Å². The second kappa shape index (κ2) is 9.28. The number of benzene rings is 1. The molecule has 1 aromatic carbocycles. The number of hydrogen-bond donors (Lipinski definition) is 2. The number of halogens is 3. The van der Waals surface area contributed by atoms with Crippen molar-refractivity contribution in [2.75, 3.05) is 0 Å². The number of guanidine groups is 1. The predicted molar refractivity (Wildman–Crippen MR) is 119 cm³/mol. The van der Waals surface area contributed by atoms with Crippen molar-refractivity contribution in [1.29, 1.82) is 0 Å². The van der Waals surface area contributed by atoms with Crippen LogP contribution < -0.4 is 11.1 Å². The van der Waals surface area contributed by atoms with Gasteiger partial charge in [-0.3, -0.25) is 4.68 Å². The first-order valence-corrected chi connectivity index (χ1v) is 9.26. The maximum atomic E-state index is 6.25. The Kier molecular flexibility index (Phi) is 7.61. The molecule has 1 heterocycles. The van der Waals surface area contributed by atoms with E-state index in [9.17, 15) is 0 Å². The Labute approximate surface area is 181 Å². The topological polar surface area (TPSA) is 68.2 Å². The Bertz CT molecular complexity index is 803. The molecular weight excluding hydrogens is 484 g/mol. The van der Waals surface area contributed by atoms with Crippen LogP contribution in [0, 0.1) is 0 Å². The fraction of sp³-hybridized carbons (Fsp3) is 0.444. The summed E-state index contributed by atoms with van der Waals surface area (Å²) in [6.07, 6.45) is 4.58. The monoisotopic (exact) mass is 507 g/mol. The third kappa shape index (κ3) is 4.84. The fourth-order valence-electron chi connectivity index (χ4n) is 3.30. The smallest absolute Gasteiger partial charge is 0.189 e. The van der Waals surface area contributed by atoms with Crippen molar-refractivity contribution in [3.63, 3.8) is 0 Å². The molecule has 3 N–H and O–H groups in total. The molecule has 0 radical (unpaired) electrons. The number of nitrogens with one attached hydrogen (secondary N) is 1. The van der Waals surface area contributed by atoms with Gasteiger partial charge in [0.25, 0.3) is 0 Å². The lowest BCUT2D eigenvalue weighted by Crippen LogP contribution is -2.34. The van der Waals surface area contributed by atoms with Crippen LogP contribution in [0.5, 0.6) is 0 Å². The first-order valence-electron chi connectivity index (χ1n) is 8.50. The molecule has 5 nitrogen and oxygen atoms in total. The van der Waals surface area contributed by atoms with Crippen molar-refractivity contribution in [1.82, 2.24) is 15.1 Å². The predicted octanol–water partition coefficient (Wildman–Crippen LogP) is 4.39. The summed E-state index contributed by atoms with van der Waals surface area (Å²) in [5.74, 6) is 0.393. The molecule has 1 aliphatic carbocycles. The second-order valence-electron chi connectivity index (χ2n) is 6.44. The van der Waals surface area contributed by atoms with Gasteiger partial charge >= 0.3 is 0 Å². The standard InChI is InChI=1S/C18H23Cl2N5.HI/c1-11(13-8-7-12(19)9-15(13)20)23-18(21)22-10-17-14-5-3-4-6-16(14)24-25(17)2;/h7-9,11H,3-6,10H2,1-2H3,(H3,21,22,23);1H. The number of aromatic nitrogens is 2. The van der Waals surface area contributed by atoms with Crippen LogP contribution in [0.4, 0.5) is 0 Å². The van der Waals surface area contributed by atoms with Crippen LogP contribution in [0.2, 0.25) is 10.0 Å². The molecule has 0 amide bonds. The van der Waals surface area contributed by atoms with Gasteiger partial charge in [-0.25, -0.2) is 4.99 Å². The van der Waals surface area contributed by atoms with E-state index in [1.54, 1.807) is 6.07 Å². The van der Waals surface area contributed by atoms with Crippen molar-refractivity contribution in [2.45, 2.75) is 45.2 Å². The van der Waals surface area contributed by atoms with E-state index in [1.807, 2.05) is 30.8 Å². The zero-order valence-corrected chi connectivity index (χ0v) is 18.8. The molecule has 1 unspecified atom stereocenters. The minimum Gasteiger partial charge on any atom is -0.370 e. The lowest BCUT2D eigenvalue weighted by molar-refractivity contribution is 0.663. The molecule has 3 rings (SSSR count). The fourth-order valence-corrected chi connectivity index (χ4v) is 3.88. The Balaban J connectivity index is 0.00000243. The van der Waals surface area contributed by atoms with Crippen LogP contribution >= 0.6 is 47.2 Å². The highest BCUT2D eigenvalue weighted by Gasteiger charge is 2.19. The molecule has 0 spiro atoms. The molecule has 0 saturated carbocycles. The SMILES string of the molecule is CC(NC(N)=NCc1c2c(nn1C)CCCC2)c1ccc(Cl)cc1Cl.I. The summed E-state index contributed by atoms with van der Waals surface area (Å²) >= 11 is 12.2. The van der Waals surface area contributed by atoms with Gasteiger partial charge in [0, 0.05) is 17.1 Å². The van der Waals surface area contributed by atoms with Crippen LogP contribution in [0.1, 0.15) is 48.3 Å². The number of aliphatic imine (C=N–C) groups is 1. The lowest BCUT2D eigenvalue weighted by atomic mass is 9.96. The number of fused-ring (bicyclic) bond motifs is 1. The van der Waals surface area contributed by atoms with Crippen molar-refractivity contribution < 1.29 is 0 Å².